The third-order valence-corrected chi connectivity index (χ3v) is 5.19. The van der Waals surface area contributed by atoms with Crippen LogP contribution in [0.1, 0.15) is 50.3 Å². The number of benzene rings is 1. The first kappa shape index (κ1) is 15.3. The van der Waals surface area contributed by atoms with Crippen LogP contribution in [-0.4, -0.2) is 30.6 Å². The van der Waals surface area contributed by atoms with E-state index >= 15 is 0 Å². The zero-order chi connectivity index (χ0) is 14.8. The van der Waals surface area contributed by atoms with Gasteiger partial charge in [-0.2, -0.15) is 0 Å². The van der Waals surface area contributed by atoms with E-state index < -0.39 is 0 Å². The van der Waals surface area contributed by atoms with Crippen molar-refractivity contribution in [2.75, 3.05) is 19.6 Å². The highest BCUT2D eigenvalue weighted by atomic mass is 35.5. The van der Waals surface area contributed by atoms with E-state index in [4.69, 9.17) is 11.6 Å². The average molecular weight is 307 g/mol. The molecule has 1 heterocycles. The topological polar surface area (TPSA) is 15.3 Å². The van der Waals surface area contributed by atoms with E-state index in [1.807, 2.05) is 0 Å². The van der Waals surface area contributed by atoms with Gasteiger partial charge in [0.15, 0.2) is 0 Å². The molecule has 1 aromatic rings. The second-order valence-electron chi connectivity index (χ2n) is 6.96. The first-order valence-electron chi connectivity index (χ1n) is 8.39. The number of aryl methyl sites for hydroxylation is 1. The first-order chi connectivity index (χ1) is 10.1. The molecular formula is C18H27ClN2. The molecule has 0 saturated carbocycles. The summed E-state index contributed by atoms with van der Waals surface area (Å²) in [4.78, 5) is 2.72. The summed E-state index contributed by atoms with van der Waals surface area (Å²) < 4.78 is 0. The van der Waals surface area contributed by atoms with Crippen LogP contribution in [0.5, 0.6) is 0 Å². The van der Waals surface area contributed by atoms with Gasteiger partial charge in [0.1, 0.15) is 0 Å². The quantitative estimate of drug-likeness (QED) is 0.903. The molecular weight excluding hydrogens is 280 g/mol. The summed E-state index contributed by atoms with van der Waals surface area (Å²) in [5, 5.41) is 4.49. The molecule has 1 saturated heterocycles. The van der Waals surface area contributed by atoms with Crippen molar-refractivity contribution in [1.29, 1.82) is 0 Å². The molecule has 1 aliphatic heterocycles. The van der Waals surface area contributed by atoms with Gasteiger partial charge in [0, 0.05) is 23.7 Å². The molecule has 2 atom stereocenters. The standard InChI is InChI=1S/C18H27ClN2/c1-13(2)20-11-14-4-3-9-21(12-14)18-8-5-15-10-16(19)6-7-17(15)18/h6-7,10,13-14,18,20H,3-5,8-9,11-12H2,1-2H3. The van der Waals surface area contributed by atoms with Crippen LogP contribution in [0, 0.1) is 5.92 Å². The SMILES string of the molecule is CC(C)NCC1CCCN(C2CCc3cc(Cl)ccc32)C1. The number of nitrogens with zero attached hydrogens (tertiary/aromatic N) is 1. The monoisotopic (exact) mass is 306 g/mol. The predicted molar refractivity (Wildman–Crippen MR) is 89.9 cm³/mol. The maximum absolute atomic E-state index is 6.13. The van der Waals surface area contributed by atoms with E-state index in [0.717, 1.165) is 17.5 Å². The number of halogens is 1. The first-order valence-corrected chi connectivity index (χ1v) is 8.77. The Labute approximate surface area is 133 Å². The van der Waals surface area contributed by atoms with Gasteiger partial charge in [-0.05, 0) is 68.0 Å². The molecule has 21 heavy (non-hydrogen) atoms. The number of hydrogen-bond donors (Lipinski definition) is 1. The highest BCUT2D eigenvalue weighted by Gasteiger charge is 2.31. The fraction of sp³-hybridized carbons (Fsp3) is 0.667. The van der Waals surface area contributed by atoms with E-state index in [-0.39, 0.29) is 0 Å². The lowest BCUT2D eigenvalue weighted by atomic mass is 9.95. The van der Waals surface area contributed by atoms with Gasteiger partial charge in [0.25, 0.3) is 0 Å². The minimum Gasteiger partial charge on any atom is -0.314 e. The molecule has 1 fully saturated rings. The van der Waals surface area contributed by atoms with Crippen molar-refractivity contribution >= 4 is 11.6 Å². The van der Waals surface area contributed by atoms with Crippen molar-refractivity contribution in [2.45, 2.75) is 51.6 Å². The largest absolute Gasteiger partial charge is 0.314 e. The fourth-order valence-corrected chi connectivity index (χ4v) is 4.09. The zero-order valence-corrected chi connectivity index (χ0v) is 14.0. The Morgan fingerprint density at radius 3 is 3.00 bits per heavy atom. The molecule has 2 nitrogen and oxygen atoms in total. The fourth-order valence-electron chi connectivity index (χ4n) is 3.89. The molecule has 3 rings (SSSR count). The Balaban J connectivity index is 1.65. The van der Waals surface area contributed by atoms with Crippen LogP contribution in [0.25, 0.3) is 0 Å². The van der Waals surface area contributed by atoms with Crippen LogP contribution in [0.4, 0.5) is 0 Å². The van der Waals surface area contributed by atoms with Crippen LogP contribution >= 0.6 is 11.6 Å². The van der Waals surface area contributed by atoms with Crippen LogP contribution in [0.3, 0.4) is 0 Å². The van der Waals surface area contributed by atoms with Gasteiger partial charge < -0.3 is 5.32 Å². The molecule has 2 unspecified atom stereocenters. The van der Waals surface area contributed by atoms with Gasteiger partial charge in [-0.1, -0.05) is 31.5 Å². The Morgan fingerprint density at radius 2 is 2.19 bits per heavy atom. The average Bonchev–Trinajstić information content (AvgIpc) is 2.88. The second kappa shape index (κ2) is 6.68. The summed E-state index contributed by atoms with van der Waals surface area (Å²) >= 11 is 6.13. The van der Waals surface area contributed by atoms with Crippen molar-refractivity contribution in [3.63, 3.8) is 0 Å². The van der Waals surface area contributed by atoms with E-state index in [9.17, 15) is 0 Å². The van der Waals surface area contributed by atoms with Gasteiger partial charge in [0.05, 0.1) is 0 Å². The number of nitrogens with one attached hydrogen (secondary N) is 1. The molecule has 1 aliphatic carbocycles. The minimum atomic E-state index is 0.592. The number of hydrogen-bond acceptors (Lipinski definition) is 2. The van der Waals surface area contributed by atoms with Crippen molar-refractivity contribution < 1.29 is 0 Å². The van der Waals surface area contributed by atoms with Gasteiger partial charge in [-0.25, -0.2) is 0 Å². The van der Waals surface area contributed by atoms with Crippen molar-refractivity contribution in [3.8, 4) is 0 Å². The van der Waals surface area contributed by atoms with Crippen LogP contribution < -0.4 is 5.32 Å². The summed E-state index contributed by atoms with van der Waals surface area (Å²) in [5.41, 5.74) is 2.99. The highest BCUT2D eigenvalue weighted by molar-refractivity contribution is 6.30. The molecule has 0 spiro atoms. The lowest BCUT2D eigenvalue weighted by Gasteiger charge is -2.37. The van der Waals surface area contributed by atoms with E-state index in [2.05, 4.69) is 42.3 Å². The van der Waals surface area contributed by atoms with Gasteiger partial charge in [0.2, 0.25) is 0 Å². The minimum absolute atomic E-state index is 0.592. The Kier molecular flexibility index (Phi) is 4.88. The Morgan fingerprint density at radius 1 is 1.33 bits per heavy atom. The molecule has 1 N–H and O–H groups in total. The Bertz CT molecular complexity index is 486. The van der Waals surface area contributed by atoms with Crippen molar-refractivity contribution in [3.05, 3.63) is 34.3 Å². The molecule has 116 valence electrons. The van der Waals surface area contributed by atoms with E-state index in [1.165, 1.54) is 49.9 Å². The summed E-state index contributed by atoms with van der Waals surface area (Å²) in [7, 11) is 0. The maximum Gasteiger partial charge on any atom is 0.0408 e. The summed E-state index contributed by atoms with van der Waals surface area (Å²) in [6.07, 6.45) is 5.16. The van der Waals surface area contributed by atoms with Crippen molar-refractivity contribution in [1.82, 2.24) is 10.2 Å². The summed E-state index contributed by atoms with van der Waals surface area (Å²) in [5.74, 6) is 0.803. The third kappa shape index (κ3) is 3.61. The number of piperidine rings is 1. The molecule has 2 aliphatic rings. The smallest absolute Gasteiger partial charge is 0.0408 e. The number of rotatable bonds is 4. The van der Waals surface area contributed by atoms with Crippen LogP contribution in [0.15, 0.2) is 18.2 Å². The zero-order valence-electron chi connectivity index (χ0n) is 13.2. The number of fused-ring (bicyclic) bond motifs is 1. The molecule has 3 heteroatoms. The van der Waals surface area contributed by atoms with Gasteiger partial charge in [-0.3, -0.25) is 4.90 Å². The second-order valence-corrected chi connectivity index (χ2v) is 7.40. The normalized spacial score (nSPS) is 26.3. The molecule has 0 aromatic heterocycles. The van der Waals surface area contributed by atoms with Gasteiger partial charge >= 0.3 is 0 Å². The lowest BCUT2D eigenvalue weighted by molar-refractivity contribution is 0.121. The van der Waals surface area contributed by atoms with Gasteiger partial charge in [-0.15, -0.1) is 0 Å². The highest BCUT2D eigenvalue weighted by Crippen LogP contribution is 2.38. The molecule has 0 radical (unpaired) electrons. The molecule has 1 aromatic carbocycles. The van der Waals surface area contributed by atoms with E-state index in [1.54, 1.807) is 0 Å². The molecule has 0 amide bonds. The van der Waals surface area contributed by atoms with Crippen LogP contribution in [0.2, 0.25) is 5.02 Å². The summed E-state index contributed by atoms with van der Waals surface area (Å²) in [6, 6.07) is 7.69. The van der Waals surface area contributed by atoms with Crippen LogP contribution in [-0.2, 0) is 6.42 Å². The number of likely N-dealkylation sites (tertiary alicyclic amines) is 1. The molecule has 0 bridgehead atoms. The van der Waals surface area contributed by atoms with E-state index in [0.29, 0.717) is 12.1 Å². The Hall–Kier alpha value is -0.570. The van der Waals surface area contributed by atoms with Crippen molar-refractivity contribution in [2.24, 2.45) is 5.92 Å². The summed E-state index contributed by atoms with van der Waals surface area (Å²) in [6.45, 7) is 8.13. The predicted octanol–water partition coefficient (Wildman–Crippen LogP) is 4.04. The third-order valence-electron chi connectivity index (χ3n) is 4.96. The maximum atomic E-state index is 6.13. The lowest BCUT2D eigenvalue weighted by Crippen LogP contribution is -2.42.